The summed E-state index contributed by atoms with van der Waals surface area (Å²) in [5.41, 5.74) is 0.790. The largest absolute Gasteiger partial charge is 0.356 e. The number of hydrogen-bond donors (Lipinski definition) is 0. The van der Waals surface area contributed by atoms with Crippen molar-refractivity contribution in [3.05, 3.63) is 34.6 Å². The molecule has 1 rings (SSSR count). The van der Waals surface area contributed by atoms with Crippen LogP contribution in [0.15, 0.2) is 23.2 Å². The summed E-state index contributed by atoms with van der Waals surface area (Å²) in [6, 6.07) is 4.63. The Morgan fingerprint density at radius 3 is 2.78 bits per heavy atom. The highest BCUT2D eigenvalue weighted by molar-refractivity contribution is 6.30. The van der Waals surface area contributed by atoms with Gasteiger partial charge in [-0.25, -0.2) is 4.39 Å². The van der Waals surface area contributed by atoms with Gasteiger partial charge in [0.1, 0.15) is 11.7 Å². The molecule has 1 aromatic carbocycles. The lowest BCUT2D eigenvalue weighted by atomic mass is 10.1. The molecule has 5 heteroatoms. The third-order valence-electron chi connectivity index (χ3n) is 2.91. The molecule has 1 unspecified atom stereocenters. The van der Waals surface area contributed by atoms with Crippen molar-refractivity contribution in [3.63, 3.8) is 0 Å². The second-order valence-corrected chi connectivity index (χ2v) is 4.35. The van der Waals surface area contributed by atoms with Crippen molar-refractivity contribution in [2.24, 2.45) is 4.99 Å². The molecule has 0 N–H and O–H groups in total. The minimum Gasteiger partial charge on any atom is -0.356 e. The molecule has 0 radical (unpaired) electrons. The molecule has 0 saturated heterocycles. The van der Waals surface area contributed by atoms with E-state index in [1.54, 1.807) is 12.3 Å². The lowest BCUT2D eigenvalue weighted by Gasteiger charge is -2.27. The van der Waals surface area contributed by atoms with E-state index in [0.29, 0.717) is 12.3 Å². The standard InChI is InChI=1S/C13H15ClFN3/c1-4-13(17-8-16)18(3)9(2)10-5-6-11(14)12(15)7-10/h5-7,9H,4H2,1-3H3. The molecule has 0 aliphatic carbocycles. The van der Waals surface area contributed by atoms with Gasteiger partial charge in [0, 0.05) is 13.5 Å². The van der Waals surface area contributed by atoms with Crippen LogP contribution < -0.4 is 0 Å². The summed E-state index contributed by atoms with van der Waals surface area (Å²) < 4.78 is 13.4. The van der Waals surface area contributed by atoms with Crippen molar-refractivity contribution < 1.29 is 4.39 Å². The predicted molar refractivity (Wildman–Crippen MR) is 70.9 cm³/mol. The molecule has 18 heavy (non-hydrogen) atoms. The molecule has 0 heterocycles. The second kappa shape index (κ2) is 6.36. The Balaban J connectivity index is 2.99. The summed E-state index contributed by atoms with van der Waals surface area (Å²) in [6.07, 6.45) is 2.42. The maximum Gasteiger partial charge on any atom is 0.207 e. The number of hydrogen-bond acceptors (Lipinski definition) is 2. The fourth-order valence-electron chi connectivity index (χ4n) is 1.68. The number of aliphatic imine (C=N–C) groups is 1. The van der Waals surface area contributed by atoms with Crippen LogP contribution in [0, 0.1) is 17.3 Å². The SMILES string of the molecule is CCC(=NC#N)N(C)C(C)c1ccc(Cl)c(F)c1. The van der Waals surface area contributed by atoms with Gasteiger partial charge in [-0.3, -0.25) is 0 Å². The van der Waals surface area contributed by atoms with Gasteiger partial charge in [0.15, 0.2) is 0 Å². The van der Waals surface area contributed by atoms with E-state index in [1.807, 2.05) is 25.8 Å². The predicted octanol–water partition coefficient (Wildman–Crippen LogP) is 3.76. The molecule has 0 spiro atoms. The number of rotatable bonds is 3. The van der Waals surface area contributed by atoms with Crippen LogP contribution in [0.3, 0.4) is 0 Å². The van der Waals surface area contributed by atoms with Crippen molar-refractivity contribution in [1.82, 2.24) is 4.90 Å². The van der Waals surface area contributed by atoms with Gasteiger partial charge in [0.25, 0.3) is 0 Å². The normalized spacial score (nSPS) is 13.0. The number of nitrogens with zero attached hydrogens (tertiary/aromatic N) is 3. The highest BCUT2D eigenvalue weighted by Crippen LogP contribution is 2.24. The van der Waals surface area contributed by atoms with E-state index in [4.69, 9.17) is 16.9 Å². The zero-order chi connectivity index (χ0) is 13.7. The molecule has 96 valence electrons. The van der Waals surface area contributed by atoms with Crippen LogP contribution in [0.1, 0.15) is 31.9 Å². The zero-order valence-corrected chi connectivity index (χ0v) is 11.4. The first kappa shape index (κ1) is 14.5. The smallest absolute Gasteiger partial charge is 0.207 e. The number of halogens is 2. The van der Waals surface area contributed by atoms with E-state index in [0.717, 1.165) is 5.56 Å². The third-order valence-corrected chi connectivity index (χ3v) is 3.22. The van der Waals surface area contributed by atoms with Crippen LogP contribution in [-0.2, 0) is 0 Å². The Kier molecular flexibility index (Phi) is 5.11. The molecule has 0 saturated carbocycles. The van der Waals surface area contributed by atoms with Crippen LogP contribution in [0.5, 0.6) is 0 Å². The van der Waals surface area contributed by atoms with E-state index in [9.17, 15) is 4.39 Å². The highest BCUT2D eigenvalue weighted by atomic mass is 35.5. The zero-order valence-electron chi connectivity index (χ0n) is 10.6. The van der Waals surface area contributed by atoms with Gasteiger partial charge in [-0.15, -0.1) is 0 Å². The highest BCUT2D eigenvalue weighted by Gasteiger charge is 2.16. The van der Waals surface area contributed by atoms with Gasteiger partial charge in [-0.2, -0.15) is 10.3 Å². The fraction of sp³-hybridized carbons (Fsp3) is 0.385. The van der Waals surface area contributed by atoms with Crippen LogP contribution in [0.25, 0.3) is 0 Å². The summed E-state index contributed by atoms with van der Waals surface area (Å²) >= 11 is 5.65. The van der Waals surface area contributed by atoms with E-state index >= 15 is 0 Å². The molecule has 0 fully saturated rings. The van der Waals surface area contributed by atoms with Crippen molar-refractivity contribution in [3.8, 4) is 6.19 Å². The molecular formula is C13H15ClFN3. The molecule has 0 bridgehead atoms. The van der Waals surface area contributed by atoms with Crippen molar-refractivity contribution in [2.75, 3.05) is 7.05 Å². The van der Waals surface area contributed by atoms with Gasteiger partial charge in [-0.05, 0) is 24.6 Å². The quantitative estimate of drug-likeness (QED) is 0.475. The lowest BCUT2D eigenvalue weighted by Crippen LogP contribution is -2.29. The molecule has 0 aromatic heterocycles. The maximum atomic E-state index is 13.4. The molecule has 1 atom stereocenters. The lowest BCUT2D eigenvalue weighted by molar-refractivity contribution is 0.394. The van der Waals surface area contributed by atoms with Gasteiger partial charge in [-0.1, -0.05) is 24.6 Å². The average Bonchev–Trinajstić information content (AvgIpc) is 2.37. The third kappa shape index (κ3) is 3.21. The van der Waals surface area contributed by atoms with Crippen molar-refractivity contribution in [1.29, 1.82) is 5.26 Å². The number of nitriles is 1. The van der Waals surface area contributed by atoms with E-state index in [1.165, 1.54) is 12.1 Å². The molecule has 0 amide bonds. The van der Waals surface area contributed by atoms with E-state index < -0.39 is 5.82 Å². The van der Waals surface area contributed by atoms with Crippen LogP contribution in [0.4, 0.5) is 4.39 Å². The molecule has 0 aliphatic heterocycles. The first-order valence-corrected chi connectivity index (χ1v) is 6.02. The van der Waals surface area contributed by atoms with Crippen LogP contribution >= 0.6 is 11.6 Å². The van der Waals surface area contributed by atoms with E-state index in [-0.39, 0.29) is 11.1 Å². The Labute approximate surface area is 112 Å². The Morgan fingerprint density at radius 2 is 2.28 bits per heavy atom. The molecule has 3 nitrogen and oxygen atoms in total. The van der Waals surface area contributed by atoms with Gasteiger partial charge in [0.05, 0.1) is 11.1 Å². The molecule has 0 aliphatic rings. The van der Waals surface area contributed by atoms with Gasteiger partial charge >= 0.3 is 0 Å². The first-order valence-electron chi connectivity index (χ1n) is 5.64. The summed E-state index contributed by atoms with van der Waals surface area (Å²) in [4.78, 5) is 5.61. The average molecular weight is 268 g/mol. The Hall–Kier alpha value is -1.60. The minimum absolute atomic E-state index is 0.0798. The summed E-state index contributed by atoms with van der Waals surface area (Å²) in [5.74, 6) is 0.227. The van der Waals surface area contributed by atoms with Crippen LogP contribution in [0.2, 0.25) is 5.02 Å². The van der Waals surface area contributed by atoms with Crippen molar-refractivity contribution in [2.45, 2.75) is 26.3 Å². The van der Waals surface area contributed by atoms with Gasteiger partial charge in [0.2, 0.25) is 6.19 Å². The summed E-state index contributed by atoms with van der Waals surface area (Å²) in [5, 5.41) is 8.71. The molecule has 1 aromatic rings. The Morgan fingerprint density at radius 1 is 1.61 bits per heavy atom. The van der Waals surface area contributed by atoms with E-state index in [2.05, 4.69) is 4.99 Å². The van der Waals surface area contributed by atoms with Crippen molar-refractivity contribution >= 4 is 17.4 Å². The first-order chi connectivity index (χ1) is 8.51. The maximum absolute atomic E-state index is 13.4. The monoisotopic (exact) mass is 267 g/mol. The minimum atomic E-state index is -0.440. The fourth-order valence-corrected chi connectivity index (χ4v) is 1.80. The topological polar surface area (TPSA) is 39.4 Å². The Bertz CT molecular complexity index is 493. The van der Waals surface area contributed by atoms with Gasteiger partial charge < -0.3 is 4.90 Å². The molecular weight excluding hydrogens is 253 g/mol. The second-order valence-electron chi connectivity index (χ2n) is 3.94. The number of benzene rings is 1. The summed E-state index contributed by atoms with van der Waals surface area (Å²) in [6.45, 7) is 3.84. The number of amidine groups is 1. The summed E-state index contributed by atoms with van der Waals surface area (Å²) in [7, 11) is 1.83. The van der Waals surface area contributed by atoms with Crippen LogP contribution in [-0.4, -0.2) is 17.8 Å².